The Hall–Kier alpha value is -5.48. The molecular weight excluding hydrogens is 999 g/mol. The van der Waals surface area contributed by atoms with Gasteiger partial charge >= 0.3 is 11.9 Å². The zero-order chi connectivity index (χ0) is 57.2. The van der Waals surface area contributed by atoms with Gasteiger partial charge in [0, 0.05) is 34.8 Å². The Morgan fingerprint density at radius 2 is 1.03 bits per heavy atom. The summed E-state index contributed by atoms with van der Waals surface area (Å²) in [5, 5.41) is 6.00. The Labute approximate surface area is 469 Å². The molecule has 4 heterocycles. The molecule has 6 unspecified atom stereocenters. The molecule has 0 spiro atoms. The molecule has 2 aromatic carbocycles. The smallest absolute Gasteiger partial charge is 0.343 e. The van der Waals surface area contributed by atoms with E-state index < -0.39 is 36.0 Å². The van der Waals surface area contributed by atoms with Crippen LogP contribution in [-0.4, -0.2) is 104 Å². The van der Waals surface area contributed by atoms with E-state index in [0.717, 1.165) is 25.7 Å². The fourth-order valence-corrected chi connectivity index (χ4v) is 12.1. The van der Waals surface area contributed by atoms with E-state index in [4.69, 9.17) is 38.4 Å². The van der Waals surface area contributed by atoms with Crippen LogP contribution in [0.3, 0.4) is 0 Å². The lowest BCUT2D eigenvalue weighted by molar-refractivity contribution is -0.164. The number of carbonyl (C=O) groups is 4. The zero-order valence-corrected chi connectivity index (χ0v) is 49.5. The first kappa shape index (κ1) is 59.6. The minimum absolute atomic E-state index is 0.00534. The van der Waals surface area contributed by atoms with Crippen molar-refractivity contribution in [1.29, 1.82) is 0 Å². The van der Waals surface area contributed by atoms with E-state index in [1.54, 1.807) is 0 Å². The number of benzene rings is 2. The van der Waals surface area contributed by atoms with Gasteiger partial charge in [-0.3, -0.25) is 9.59 Å². The van der Waals surface area contributed by atoms with Gasteiger partial charge in [-0.25, -0.2) is 19.6 Å². The van der Waals surface area contributed by atoms with E-state index in [0.29, 0.717) is 60.5 Å². The molecule has 8 rings (SSSR count). The summed E-state index contributed by atoms with van der Waals surface area (Å²) in [5.74, 6) is -0.844. The van der Waals surface area contributed by atoms with Crippen LogP contribution in [0.15, 0.2) is 76.2 Å². The SMILES string of the molecule is CC1CC(C(C)(C)C)C(OC(=O)C2=C(c3ccccc3)C(=Nc3[nH]c(NC(=O)CCOCC4CO4)c(C(=O)OC4C(C(C)(C)C)CC(C)CC4C(C)(C)C)c3-c3ccccc3)N=C2NC(=O)CCOCC2CO2)C(C(C)(C)C)C1. The summed E-state index contributed by atoms with van der Waals surface area (Å²) >= 11 is 0. The van der Waals surface area contributed by atoms with Crippen LogP contribution < -0.4 is 10.6 Å². The monoisotopic (exact) mass is 1090 g/mol. The number of nitrogens with one attached hydrogen (secondary N) is 3. The lowest BCUT2D eigenvalue weighted by Crippen LogP contribution is -2.50. The van der Waals surface area contributed by atoms with Crippen molar-refractivity contribution in [3.63, 3.8) is 0 Å². The molecule has 15 nitrogen and oxygen atoms in total. The van der Waals surface area contributed by atoms with Crippen molar-refractivity contribution >= 4 is 52.6 Å². The molecule has 3 aromatic rings. The Morgan fingerprint density at radius 1 is 0.608 bits per heavy atom. The number of H-pyrrole nitrogens is 1. The average molecular weight is 1090 g/mol. The number of ether oxygens (including phenoxy) is 6. The highest BCUT2D eigenvalue weighted by atomic mass is 16.6. The molecular formula is C64H89N5O10. The van der Waals surface area contributed by atoms with Crippen LogP contribution in [0, 0.1) is 57.2 Å². The molecule has 4 fully saturated rings. The first-order valence-electron chi connectivity index (χ1n) is 28.9. The maximum atomic E-state index is 15.6. The van der Waals surface area contributed by atoms with Crippen LogP contribution in [0.4, 0.5) is 11.6 Å². The van der Waals surface area contributed by atoms with E-state index >= 15 is 9.59 Å². The van der Waals surface area contributed by atoms with E-state index in [1.807, 2.05) is 60.7 Å². The standard InChI is InChI=1S/C64H89N5O10/c1-37-29-43(61(3,4)5)53(44(30-37)62(6,7)8)78-59(72)51-49(39-21-17-15-18-22-39)55(68-57(51)65-47(70)25-27-74-33-41-35-76-41)67-56-50(40-23-19-16-20-24-40)52(58(69-56)66-48(71)26-28-75-34-42-36-77-42)60(73)79-54-45(63(9,10)11)31-38(2)32-46(54)64(12,13)14/h15-24,37-38,41-46,53-54,68H,25-36H2,1-14H3,(H,65,70)(H,66,67,69,71). The summed E-state index contributed by atoms with van der Waals surface area (Å²) in [7, 11) is 0. The highest BCUT2D eigenvalue weighted by Gasteiger charge is 2.51. The maximum Gasteiger partial charge on any atom is 0.343 e. The predicted octanol–water partition coefficient (Wildman–Crippen LogP) is 12.2. The number of hydrogen-bond acceptors (Lipinski definition) is 11. The Balaban J connectivity index is 1.30. The molecule has 2 saturated carbocycles. The maximum absolute atomic E-state index is 15.6. The van der Waals surface area contributed by atoms with Gasteiger partial charge in [0.05, 0.1) is 52.5 Å². The summed E-state index contributed by atoms with van der Waals surface area (Å²) in [4.78, 5) is 73.1. The van der Waals surface area contributed by atoms with Gasteiger partial charge in [-0.2, -0.15) is 0 Å². The van der Waals surface area contributed by atoms with Gasteiger partial charge in [0.15, 0.2) is 11.7 Å². The third-order valence-electron chi connectivity index (χ3n) is 16.7. The second-order valence-corrected chi connectivity index (χ2v) is 27.4. The Kier molecular flexibility index (Phi) is 18.4. The minimum atomic E-state index is -0.639. The molecule has 15 heteroatoms. The van der Waals surface area contributed by atoms with Gasteiger partial charge < -0.3 is 44.0 Å². The lowest BCUT2D eigenvalue weighted by Gasteiger charge is -2.50. The highest BCUT2D eigenvalue weighted by molar-refractivity contribution is 6.45. The summed E-state index contributed by atoms with van der Waals surface area (Å²) in [6.07, 6.45) is 2.63. The molecule has 0 bridgehead atoms. The van der Waals surface area contributed by atoms with Crippen LogP contribution in [0.1, 0.15) is 151 Å². The van der Waals surface area contributed by atoms with Gasteiger partial charge in [-0.15, -0.1) is 0 Å². The molecule has 3 N–H and O–H groups in total. The van der Waals surface area contributed by atoms with Crippen molar-refractivity contribution in [3.8, 4) is 11.1 Å². The van der Waals surface area contributed by atoms with Crippen molar-refractivity contribution in [2.24, 2.45) is 67.2 Å². The molecule has 5 aliphatic rings. The number of aromatic nitrogens is 1. The van der Waals surface area contributed by atoms with Gasteiger partial charge in [0.25, 0.3) is 0 Å². The first-order chi connectivity index (χ1) is 37.2. The number of aromatic amines is 1. The number of carbonyl (C=O) groups excluding carboxylic acids is 4. The second kappa shape index (κ2) is 24.3. The fraction of sp³-hybridized carbons (Fsp3) is 0.625. The number of amides is 2. The Bertz CT molecular complexity index is 2700. The molecule has 0 radical (unpaired) electrons. The Morgan fingerprint density at radius 3 is 1.46 bits per heavy atom. The van der Waals surface area contributed by atoms with Crippen LogP contribution in [0.2, 0.25) is 0 Å². The average Bonchev–Trinajstić information content (AvgIpc) is 4.50. The largest absolute Gasteiger partial charge is 0.458 e. The number of epoxide rings is 2. The van der Waals surface area contributed by atoms with Crippen molar-refractivity contribution in [2.75, 3.05) is 45.0 Å². The normalized spacial score (nSPS) is 26.9. The van der Waals surface area contributed by atoms with Crippen LogP contribution in [0.25, 0.3) is 16.7 Å². The summed E-state index contributed by atoms with van der Waals surface area (Å²) < 4.78 is 36.0. The van der Waals surface area contributed by atoms with Gasteiger partial charge in [0.2, 0.25) is 11.8 Å². The van der Waals surface area contributed by atoms with Crippen LogP contribution in [0.5, 0.6) is 0 Å². The molecule has 2 amide bonds. The molecule has 2 saturated heterocycles. The number of amidine groups is 2. The van der Waals surface area contributed by atoms with E-state index in [9.17, 15) is 9.59 Å². The number of aliphatic imine (C=N–C) groups is 2. The molecule has 1 aromatic heterocycles. The molecule has 3 aliphatic heterocycles. The number of hydrogen-bond donors (Lipinski definition) is 3. The van der Waals surface area contributed by atoms with Gasteiger partial charge in [0.1, 0.15) is 47.2 Å². The van der Waals surface area contributed by atoms with E-state index in [2.05, 4.69) is 113 Å². The number of anilines is 1. The zero-order valence-electron chi connectivity index (χ0n) is 49.5. The third kappa shape index (κ3) is 15.1. The topological polar surface area (TPSA) is 195 Å². The molecule has 430 valence electrons. The molecule has 6 atom stereocenters. The van der Waals surface area contributed by atoms with Crippen molar-refractivity contribution in [1.82, 2.24) is 10.3 Å². The van der Waals surface area contributed by atoms with Crippen LogP contribution in [-0.2, 0) is 42.8 Å². The van der Waals surface area contributed by atoms with Gasteiger partial charge in [-0.1, -0.05) is 158 Å². The number of esters is 2. The summed E-state index contributed by atoms with van der Waals surface area (Å²) in [5.41, 5.74) is 1.21. The van der Waals surface area contributed by atoms with Crippen molar-refractivity contribution in [3.05, 3.63) is 77.4 Å². The lowest BCUT2D eigenvalue weighted by atomic mass is 9.59. The third-order valence-corrected chi connectivity index (χ3v) is 16.7. The first-order valence-corrected chi connectivity index (χ1v) is 28.9. The fourth-order valence-electron chi connectivity index (χ4n) is 12.1. The van der Waals surface area contributed by atoms with Crippen LogP contribution >= 0.6 is 0 Å². The summed E-state index contributed by atoms with van der Waals surface area (Å²) in [6.45, 7) is 33.3. The van der Waals surface area contributed by atoms with E-state index in [-0.39, 0.29) is 118 Å². The van der Waals surface area contributed by atoms with Crippen molar-refractivity contribution < 1.29 is 47.6 Å². The predicted molar refractivity (Wildman–Crippen MR) is 309 cm³/mol. The summed E-state index contributed by atoms with van der Waals surface area (Å²) in [6, 6.07) is 18.7. The quantitative estimate of drug-likeness (QED) is 0.0627. The molecule has 2 aliphatic carbocycles. The number of nitrogens with zero attached hydrogens (tertiary/aromatic N) is 2. The van der Waals surface area contributed by atoms with Crippen molar-refractivity contribution in [2.45, 2.75) is 160 Å². The van der Waals surface area contributed by atoms with Gasteiger partial charge in [-0.05, 0) is 70.3 Å². The van der Waals surface area contributed by atoms with E-state index in [1.165, 1.54) is 0 Å². The molecule has 79 heavy (non-hydrogen) atoms. The highest BCUT2D eigenvalue weighted by Crippen LogP contribution is 2.52. The number of rotatable bonds is 18. The second-order valence-electron chi connectivity index (χ2n) is 27.4. The minimum Gasteiger partial charge on any atom is -0.458 e.